The van der Waals surface area contributed by atoms with Crippen molar-refractivity contribution in [2.24, 2.45) is 5.73 Å². The number of quaternary nitrogens is 2. The average molecular weight is 221 g/mol. The number of carbonyl (C=O) groups is 1. The Kier molecular flexibility index (Phi) is 14.6. The molecule has 0 aromatic carbocycles. The summed E-state index contributed by atoms with van der Waals surface area (Å²) in [4.78, 5) is 13.6. The van der Waals surface area contributed by atoms with Gasteiger partial charge in [0.25, 0.3) is 0 Å². The van der Waals surface area contributed by atoms with Gasteiger partial charge in [-0.2, -0.15) is 0 Å². The van der Waals surface area contributed by atoms with E-state index >= 15 is 0 Å². The Balaban J connectivity index is -0.000000720. The van der Waals surface area contributed by atoms with Crippen molar-refractivity contribution in [3.05, 3.63) is 0 Å². The fourth-order valence-electron chi connectivity index (χ4n) is 0.927. The normalized spacial score (nSPS) is 12.3. The molecule has 0 spiro atoms. The van der Waals surface area contributed by atoms with E-state index in [4.69, 9.17) is 5.73 Å². The molecule has 0 saturated carbocycles. The molecule has 0 amide bonds. The van der Waals surface area contributed by atoms with Crippen LogP contribution in [0.1, 0.15) is 34.6 Å². The van der Waals surface area contributed by atoms with Crippen molar-refractivity contribution in [3.63, 3.8) is 0 Å². The highest BCUT2D eigenvalue weighted by atomic mass is 16.1. The number of nitrogens with two attached hydrogens (primary N) is 2. The summed E-state index contributed by atoms with van der Waals surface area (Å²) in [7, 11) is 1.78. The molecule has 0 aliphatic rings. The maximum atomic E-state index is 10.8. The molecular weight excluding hydrogens is 192 g/mol. The largest absolute Gasteiger partial charge is 0.436 e. The van der Waals surface area contributed by atoms with E-state index in [0.29, 0.717) is 5.96 Å². The number of rotatable bonds is 5. The van der Waals surface area contributed by atoms with Crippen LogP contribution in [-0.2, 0) is 4.79 Å². The molecule has 5 heteroatoms. The predicted molar refractivity (Wildman–Crippen MR) is 62.9 cm³/mol. The SMILES string of the molecule is C.C.C[NH+]=C(N)[NH2+]CCCC([NH3+])C(C)=O. The first kappa shape index (κ1) is 19.6. The van der Waals surface area contributed by atoms with E-state index in [-0.39, 0.29) is 26.7 Å². The number of guanidine groups is 1. The third-order valence-electron chi connectivity index (χ3n) is 1.98. The van der Waals surface area contributed by atoms with Crippen molar-refractivity contribution < 1.29 is 20.8 Å². The van der Waals surface area contributed by atoms with Gasteiger partial charge in [-0.15, -0.1) is 0 Å². The summed E-state index contributed by atoms with van der Waals surface area (Å²) in [6.07, 6.45) is 1.79. The Labute approximate surface area is 93.3 Å². The highest BCUT2D eigenvalue weighted by molar-refractivity contribution is 5.79. The molecule has 0 aromatic heterocycles. The number of nitrogens with one attached hydrogen (secondary N) is 1. The van der Waals surface area contributed by atoms with E-state index in [0.717, 1.165) is 19.4 Å². The molecule has 0 aliphatic heterocycles. The van der Waals surface area contributed by atoms with Gasteiger partial charge in [-0.25, -0.2) is 16.0 Å². The predicted octanol–water partition coefficient (Wildman–Crippen LogP) is -3.17. The summed E-state index contributed by atoms with van der Waals surface area (Å²) in [5.74, 6) is 0.842. The molecule has 0 fully saturated rings. The minimum atomic E-state index is -0.0655. The summed E-state index contributed by atoms with van der Waals surface area (Å²) in [5.41, 5.74) is 9.27. The van der Waals surface area contributed by atoms with Crippen LogP contribution in [0.25, 0.3) is 0 Å². The Hall–Kier alpha value is -0.940. The molecule has 0 rings (SSSR count). The van der Waals surface area contributed by atoms with E-state index in [1.165, 1.54) is 0 Å². The van der Waals surface area contributed by atoms with Crippen LogP contribution in [0.5, 0.6) is 0 Å². The first-order valence-corrected chi connectivity index (χ1v) is 4.54. The maximum absolute atomic E-state index is 10.8. The third-order valence-corrected chi connectivity index (χ3v) is 1.98. The van der Waals surface area contributed by atoms with E-state index in [2.05, 4.69) is 10.7 Å². The van der Waals surface area contributed by atoms with Gasteiger partial charge in [0.05, 0.1) is 13.6 Å². The van der Waals surface area contributed by atoms with Crippen molar-refractivity contribution >= 4 is 11.7 Å². The van der Waals surface area contributed by atoms with Gasteiger partial charge >= 0.3 is 5.96 Å². The van der Waals surface area contributed by atoms with Gasteiger partial charge in [0.2, 0.25) is 0 Å². The molecule has 1 atom stereocenters. The summed E-state index contributed by atoms with van der Waals surface area (Å²) < 4.78 is 0. The summed E-state index contributed by atoms with van der Waals surface area (Å²) in [5, 5.41) is 1.92. The molecule has 0 radical (unpaired) electrons. The molecule has 5 nitrogen and oxygen atoms in total. The minimum absolute atomic E-state index is 0. The number of hydrogen-bond acceptors (Lipinski definition) is 1. The Morgan fingerprint density at radius 3 is 2.47 bits per heavy atom. The van der Waals surface area contributed by atoms with Gasteiger partial charge in [-0.3, -0.25) is 4.79 Å². The van der Waals surface area contributed by atoms with Crippen LogP contribution in [0.15, 0.2) is 0 Å². The second-order valence-corrected chi connectivity index (χ2v) is 3.15. The zero-order valence-corrected chi connectivity index (χ0v) is 8.47. The fraction of sp³-hybridized carbons (Fsp3) is 0.800. The standard InChI is InChI=1S/C8H18N4O.2CH4/c1-6(13)7(9)4-3-5-12-8(10)11-2;;/h7H,3-5,9H2,1-2H3,(H3,10,11,12);2*1H4/p+3. The van der Waals surface area contributed by atoms with Crippen LogP contribution in [0, 0.1) is 0 Å². The lowest BCUT2D eigenvalue weighted by molar-refractivity contribution is -0.607. The minimum Gasteiger partial charge on any atom is -0.349 e. The molecule has 0 aromatic rings. The smallest absolute Gasteiger partial charge is 0.349 e. The van der Waals surface area contributed by atoms with Crippen molar-refractivity contribution in [3.8, 4) is 0 Å². The number of Topliss-reactive ketones (excluding diaryl/α,β-unsaturated/α-hetero) is 1. The van der Waals surface area contributed by atoms with Gasteiger partial charge in [0.15, 0.2) is 5.78 Å². The van der Waals surface area contributed by atoms with Crippen molar-refractivity contribution in [2.45, 2.75) is 40.7 Å². The average Bonchev–Trinajstić information content (AvgIpc) is 2.11. The Morgan fingerprint density at radius 2 is 2.07 bits per heavy atom. The monoisotopic (exact) mass is 221 g/mol. The molecule has 0 bridgehead atoms. The van der Waals surface area contributed by atoms with E-state index < -0.39 is 0 Å². The van der Waals surface area contributed by atoms with Crippen LogP contribution in [0.3, 0.4) is 0 Å². The fourth-order valence-corrected chi connectivity index (χ4v) is 0.927. The number of ketones is 1. The van der Waals surface area contributed by atoms with E-state index in [1.807, 2.05) is 5.32 Å². The lowest BCUT2D eigenvalue weighted by atomic mass is 10.1. The van der Waals surface area contributed by atoms with Gasteiger partial charge in [0.1, 0.15) is 6.04 Å². The summed E-state index contributed by atoms with van der Waals surface area (Å²) in [6.45, 7) is 2.47. The number of hydrogen-bond donors (Lipinski definition) is 4. The Bertz CT molecular complexity index is 192. The summed E-state index contributed by atoms with van der Waals surface area (Å²) >= 11 is 0. The zero-order chi connectivity index (χ0) is 10.3. The summed E-state index contributed by atoms with van der Waals surface area (Å²) in [6, 6.07) is -0.0655. The zero-order valence-electron chi connectivity index (χ0n) is 8.47. The molecule has 0 aliphatic carbocycles. The molecule has 1 unspecified atom stereocenters. The van der Waals surface area contributed by atoms with Crippen molar-refractivity contribution in [2.75, 3.05) is 13.6 Å². The van der Waals surface area contributed by atoms with Gasteiger partial charge < -0.3 is 5.73 Å². The third kappa shape index (κ3) is 11.0. The van der Waals surface area contributed by atoms with E-state index in [9.17, 15) is 4.79 Å². The molecule has 92 valence electrons. The van der Waals surface area contributed by atoms with Crippen LogP contribution in [-0.4, -0.2) is 31.4 Å². The van der Waals surface area contributed by atoms with Gasteiger partial charge in [0, 0.05) is 19.8 Å². The first-order valence-electron chi connectivity index (χ1n) is 4.54. The first-order chi connectivity index (χ1) is 6.07. The Morgan fingerprint density at radius 1 is 1.53 bits per heavy atom. The van der Waals surface area contributed by atoms with Crippen LogP contribution < -0.4 is 21.8 Å². The highest BCUT2D eigenvalue weighted by Gasteiger charge is 2.11. The number of carbonyl (C=O) groups excluding carboxylic acids is 1. The van der Waals surface area contributed by atoms with Crippen molar-refractivity contribution in [1.82, 2.24) is 0 Å². The topological polar surface area (TPSA) is 101 Å². The van der Waals surface area contributed by atoms with Crippen LogP contribution in [0.2, 0.25) is 0 Å². The van der Waals surface area contributed by atoms with E-state index in [1.54, 1.807) is 14.0 Å². The van der Waals surface area contributed by atoms with Crippen LogP contribution in [0.4, 0.5) is 0 Å². The molecular formula is C10H29N4O+3. The lowest BCUT2D eigenvalue weighted by Crippen LogP contribution is -3.01. The van der Waals surface area contributed by atoms with Gasteiger partial charge in [-0.1, -0.05) is 14.9 Å². The molecule has 8 N–H and O–H groups in total. The van der Waals surface area contributed by atoms with Crippen molar-refractivity contribution in [1.29, 1.82) is 0 Å². The second kappa shape index (κ2) is 11.1. The quantitative estimate of drug-likeness (QED) is 0.224. The van der Waals surface area contributed by atoms with Crippen LogP contribution >= 0.6 is 0 Å². The maximum Gasteiger partial charge on any atom is 0.436 e. The van der Waals surface area contributed by atoms with Gasteiger partial charge in [-0.05, 0) is 0 Å². The highest BCUT2D eigenvalue weighted by Crippen LogP contribution is 1.90. The lowest BCUT2D eigenvalue weighted by Gasteiger charge is -2.01. The molecule has 15 heavy (non-hydrogen) atoms. The molecule has 0 saturated heterocycles. The second-order valence-electron chi connectivity index (χ2n) is 3.15. The molecule has 0 heterocycles.